The fourth-order valence-electron chi connectivity index (χ4n) is 4.38. The van der Waals surface area contributed by atoms with Crippen LogP contribution in [0, 0.1) is 13.8 Å². The van der Waals surface area contributed by atoms with Gasteiger partial charge in [-0.3, -0.25) is 9.69 Å². The third-order valence-electron chi connectivity index (χ3n) is 5.94. The number of anilines is 1. The van der Waals surface area contributed by atoms with Crippen LogP contribution in [0.1, 0.15) is 45.8 Å². The van der Waals surface area contributed by atoms with Crippen LogP contribution in [0.5, 0.6) is 0 Å². The Kier molecular flexibility index (Phi) is 5.07. The van der Waals surface area contributed by atoms with Crippen molar-refractivity contribution in [2.45, 2.75) is 32.6 Å². The summed E-state index contributed by atoms with van der Waals surface area (Å²) in [6.07, 6.45) is 2.12. The normalized spacial score (nSPS) is 19.6. The number of likely N-dealkylation sites (tertiary alicyclic amines) is 1. The highest BCUT2D eigenvalue weighted by Crippen LogP contribution is 2.30. The molecule has 0 aromatic heterocycles. The molecule has 146 valence electrons. The van der Waals surface area contributed by atoms with Gasteiger partial charge in [0.25, 0.3) is 5.91 Å². The Bertz CT molecular complexity index is 908. The molecule has 2 heterocycles. The SMILES string of the molecule is Cc1ccccc1[C@H]1CCCN(C(=O)c2ccc(C)c(N3CCNC3=O)c2)C1. The first kappa shape index (κ1) is 18.5. The van der Waals surface area contributed by atoms with E-state index in [1.54, 1.807) is 4.90 Å². The highest BCUT2D eigenvalue weighted by atomic mass is 16.2. The maximum absolute atomic E-state index is 13.2. The van der Waals surface area contributed by atoms with E-state index in [0.29, 0.717) is 24.6 Å². The number of carbonyl (C=O) groups is 2. The van der Waals surface area contributed by atoms with E-state index < -0.39 is 0 Å². The highest BCUT2D eigenvalue weighted by Gasteiger charge is 2.28. The van der Waals surface area contributed by atoms with E-state index >= 15 is 0 Å². The number of urea groups is 1. The van der Waals surface area contributed by atoms with Crippen molar-refractivity contribution in [3.05, 3.63) is 64.7 Å². The summed E-state index contributed by atoms with van der Waals surface area (Å²) in [7, 11) is 0. The number of nitrogens with zero attached hydrogens (tertiary/aromatic N) is 2. The van der Waals surface area contributed by atoms with Crippen LogP contribution < -0.4 is 10.2 Å². The monoisotopic (exact) mass is 377 g/mol. The summed E-state index contributed by atoms with van der Waals surface area (Å²) in [5.41, 5.74) is 5.13. The molecule has 2 aliphatic heterocycles. The molecule has 2 aromatic rings. The maximum Gasteiger partial charge on any atom is 0.322 e. The van der Waals surface area contributed by atoms with Crippen LogP contribution in [-0.4, -0.2) is 43.0 Å². The number of nitrogens with one attached hydrogen (secondary N) is 1. The molecule has 1 atom stereocenters. The van der Waals surface area contributed by atoms with E-state index in [4.69, 9.17) is 0 Å². The predicted molar refractivity (Wildman–Crippen MR) is 111 cm³/mol. The Balaban J connectivity index is 1.56. The zero-order chi connectivity index (χ0) is 19.7. The summed E-state index contributed by atoms with van der Waals surface area (Å²) in [6.45, 7) is 6.93. The van der Waals surface area contributed by atoms with Crippen molar-refractivity contribution in [2.75, 3.05) is 31.1 Å². The van der Waals surface area contributed by atoms with Crippen molar-refractivity contribution < 1.29 is 9.59 Å². The molecule has 0 spiro atoms. The average Bonchev–Trinajstić information content (AvgIpc) is 3.14. The summed E-state index contributed by atoms with van der Waals surface area (Å²) in [5.74, 6) is 0.437. The van der Waals surface area contributed by atoms with Gasteiger partial charge in [-0.1, -0.05) is 30.3 Å². The zero-order valence-electron chi connectivity index (χ0n) is 16.6. The molecule has 0 unspecified atom stereocenters. The first-order chi connectivity index (χ1) is 13.5. The molecule has 2 fully saturated rings. The van der Waals surface area contributed by atoms with E-state index in [2.05, 4.69) is 36.5 Å². The minimum Gasteiger partial charge on any atom is -0.338 e. The molecule has 0 saturated carbocycles. The molecule has 28 heavy (non-hydrogen) atoms. The quantitative estimate of drug-likeness (QED) is 0.883. The molecular weight excluding hydrogens is 350 g/mol. The Labute approximate surface area is 166 Å². The smallest absolute Gasteiger partial charge is 0.322 e. The minimum atomic E-state index is -0.0923. The lowest BCUT2D eigenvalue weighted by Crippen LogP contribution is -2.39. The van der Waals surface area contributed by atoms with E-state index in [0.717, 1.165) is 37.2 Å². The number of benzene rings is 2. The fourth-order valence-corrected chi connectivity index (χ4v) is 4.38. The Morgan fingerprint density at radius 3 is 2.64 bits per heavy atom. The van der Waals surface area contributed by atoms with Crippen LogP contribution in [0.25, 0.3) is 0 Å². The van der Waals surface area contributed by atoms with Crippen LogP contribution in [0.15, 0.2) is 42.5 Å². The van der Waals surface area contributed by atoms with Crippen molar-refractivity contribution >= 4 is 17.6 Å². The number of rotatable bonds is 3. The molecule has 2 saturated heterocycles. The van der Waals surface area contributed by atoms with E-state index in [1.165, 1.54) is 11.1 Å². The zero-order valence-corrected chi connectivity index (χ0v) is 16.6. The largest absolute Gasteiger partial charge is 0.338 e. The second-order valence-electron chi connectivity index (χ2n) is 7.83. The summed E-state index contributed by atoms with van der Waals surface area (Å²) in [6, 6.07) is 14.1. The summed E-state index contributed by atoms with van der Waals surface area (Å²) < 4.78 is 0. The van der Waals surface area contributed by atoms with Crippen LogP contribution >= 0.6 is 0 Å². The molecule has 3 amide bonds. The number of carbonyl (C=O) groups excluding carboxylic acids is 2. The predicted octanol–water partition coefficient (Wildman–Crippen LogP) is 3.85. The number of hydrogen-bond acceptors (Lipinski definition) is 2. The van der Waals surface area contributed by atoms with Gasteiger partial charge in [0.05, 0.1) is 0 Å². The molecule has 4 rings (SSSR count). The van der Waals surface area contributed by atoms with E-state index in [1.807, 2.05) is 30.0 Å². The lowest BCUT2D eigenvalue weighted by molar-refractivity contribution is 0.0707. The summed E-state index contributed by atoms with van der Waals surface area (Å²) >= 11 is 0. The topological polar surface area (TPSA) is 52.7 Å². The number of aryl methyl sites for hydroxylation is 2. The van der Waals surface area contributed by atoms with Gasteiger partial charge >= 0.3 is 6.03 Å². The molecule has 0 bridgehead atoms. The minimum absolute atomic E-state index is 0.0548. The van der Waals surface area contributed by atoms with Crippen molar-refractivity contribution in [3.8, 4) is 0 Å². The number of amides is 3. The van der Waals surface area contributed by atoms with Gasteiger partial charge in [-0.15, -0.1) is 0 Å². The standard InChI is InChI=1S/C23H27N3O2/c1-16-6-3-4-8-20(16)19-7-5-12-25(15-19)22(27)18-10-9-17(2)21(14-18)26-13-11-24-23(26)28/h3-4,6,8-10,14,19H,5,7,11-13,15H2,1-2H3,(H,24,28)/t19-/m0/s1. The summed E-state index contributed by atoms with van der Waals surface area (Å²) in [4.78, 5) is 29.0. The molecule has 5 nitrogen and oxygen atoms in total. The van der Waals surface area contributed by atoms with Gasteiger partial charge in [0.2, 0.25) is 0 Å². The van der Waals surface area contributed by atoms with Crippen molar-refractivity contribution in [1.82, 2.24) is 10.2 Å². The molecule has 5 heteroatoms. The highest BCUT2D eigenvalue weighted by molar-refractivity contribution is 5.99. The Morgan fingerprint density at radius 2 is 1.89 bits per heavy atom. The number of piperidine rings is 1. The van der Waals surface area contributed by atoms with Crippen LogP contribution in [0.3, 0.4) is 0 Å². The Morgan fingerprint density at radius 1 is 1.07 bits per heavy atom. The van der Waals surface area contributed by atoms with Gasteiger partial charge in [0.1, 0.15) is 0 Å². The molecular formula is C23H27N3O2. The molecule has 2 aromatic carbocycles. The molecule has 2 aliphatic rings. The molecule has 0 radical (unpaired) electrons. The maximum atomic E-state index is 13.2. The van der Waals surface area contributed by atoms with Gasteiger partial charge in [-0.25, -0.2) is 4.79 Å². The van der Waals surface area contributed by atoms with Crippen LogP contribution in [0.2, 0.25) is 0 Å². The van der Waals surface area contributed by atoms with Crippen molar-refractivity contribution in [1.29, 1.82) is 0 Å². The first-order valence-electron chi connectivity index (χ1n) is 10.1. The van der Waals surface area contributed by atoms with Crippen LogP contribution in [-0.2, 0) is 0 Å². The Hall–Kier alpha value is -2.82. The second kappa shape index (κ2) is 7.66. The molecule has 1 N–H and O–H groups in total. The van der Waals surface area contributed by atoms with Gasteiger partial charge in [-0.05, 0) is 55.5 Å². The van der Waals surface area contributed by atoms with Gasteiger partial charge in [-0.2, -0.15) is 0 Å². The fraction of sp³-hybridized carbons (Fsp3) is 0.391. The first-order valence-corrected chi connectivity index (χ1v) is 10.1. The lowest BCUT2D eigenvalue weighted by atomic mass is 9.87. The average molecular weight is 377 g/mol. The van der Waals surface area contributed by atoms with E-state index in [9.17, 15) is 9.59 Å². The van der Waals surface area contributed by atoms with Crippen molar-refractivity contribution in [3.63, 3.8) is 0 Å². The van der Waals surface area contributed by atoms with Gasteiger partial charge in [0.15, 0.2) is 0 Å². The third kappa shape index (κ3) is 3.49. The summed E-state index contributed by atoms with van der Waals surface area (Å²) in [5, 5.41) is 2.83. The van der Waals surface area contributed by atoms with E-state index in [-0.39, 0.29) is 11.9 Å². The number of hydrogen-bond donors (Lipinski definition) is 1. The van der Waals surface area contributed by atoms with Gasteiger partial charge in [0, 0.05) is 43.3 Å². The second-order valence-corrected chi connectivity index (χ2v) is 7.83. The van der Waals surface area contributed by atoms with Crippen molar-refractivity contribution in [2.24, 2.45) is 0 Å². The third-order valence-corrected chi connectivity index (χ3v) is 5.94. The van der Waals surface area contributed by atoms with Crippen LogP contribution in [0.4, 0.5) is 10.5 Å². The molecule has 0 aliphatic carbocycles. The lowest BCUT2D eigenvalue weighted by Gasteiger charge is -2.34. The van der Waals surface area contributed by atoms with Gasteiger partial charge < -0.3 is 10.2 Å².